The predicted molar refractivity (Wildman–Crippen MR) is 73.7 cm³/mol. The first-order chi connectivity index (χ1) is 8.75. The molecule has 5 nitrogen and oxygen atoms in total. The number of aromatic amines is 1. The Morgan fingerprint density at radius 2 is 2.11 bits per heavy atom. The van der Waals surface area contributed by atoms with Gasteiger partial charge in [-0.25, -0.2) is 4.98 Å². The van der Waals surface area contributed by atoms with Gasteiger partial charge < -0.3 is 19.7 Å². The van der Waals surface area contributed by atoms with E-state index < -0.39 is 0 Å². The number of aromatic nitrogens is 2. The number of nitrogens with zero attached hydrogens (tertiary/aromatic N) is 3. The SMILES string of the molecule is CB(O)N1CCN(c2c[nH]c3ncccc23)CC1. The molecule has 0 atom stereocenters. The lowest BCUT2D eigenvalue weighted by atomic mass is 9.84. The zero-order valence-electron chi connectivity index (χ0n) is 10.5. The maximum absolute atomic E-state index is 9.56. The van der Waals surface area contributed by atoms with E-state index in [2.05, 4.69) is 25.7 Å². The molecule has 2 N–H and O–H groups in total. The van der Waals surface area contributed by atoms with Gasteiger partial charge in [-0.2, -0.15) is 0 Å². The largest absolute Gasteiger partial charge is 0.437 e. The summed E-state index contributed by atoms with van der Waals surface area (Å²) in [4.78, 5) is 11.9. The summed E-state index contributed by atoms with van der Waals surface area (Å²) < 4.78 is 0. The Morgan fingerprint density at radius 1 is 1.33 bits per heavy atom. The third-order valence-corrected chi connectivity index (χ3v) is 3.61. The Labute approximate surface area is 107 Å². The normalized spacial score (nSPS) is 17.3. The van der Waals surface area contributed by atoms with Crippen LogP contribution in [0, 0.1) is 0 Å². The molecule has 18 heavy (non-hydrogen) atoms. The van der Waals surface area contributed by atoms with Crippen molar-refractivity contribution in [1.29, 1.82) is 0 Å². The summed E-state index contributed by atoms with van der Waals surface area (Å²) in [5.41, 5.74) is 2.15. The third-order valence-electron chi connectivity index (χ3n) is 3.61. The zero-order chi connectivity index (χ0) is 12.5. The van der Waals surface area contributed by atoms with Crippen molar-refractivity contribution in [2.45, 2.75) is 6.82 Å². The number of hydrogen-bond donors (Lipinski definition) is 2. The molecule has 0 spiro atoms. The Balaban J connectivity index is 1.80. The number of pyridine rings is 1. The molecule has 0 aliphatic carbocycles. The van der Waals surface area contributed by atoms with Crippen LogP contribution >= 0.6 is 0 Å². The predicted octanol–water partition coefficient (Wildman–Crippen LogP) is 0.795. The van der Waals surface area contributed by atoms with Crippen molar-refractivity contribution < 1.29 is 5.02 Å². The van der Waals surface area contributed by atoms with E-state index in [0.717, 1.165) is 31.8 Å². The van der Waals surface area contributed by atoms with E-state index >= 15 is 0 Å². The average Bonchev–Trinajstić information content (AvgIpc) is 2.82. The quantitative estimate of drug-likeness (QED) is 0.767. The minimum atomic E-state index is -0.350. The molecule has 1 aliphatic heterocycles. The second kappa shape index (κ2) is 4.63. The Bertz CT molecular complexity index is 534. The first kappa shape index (κ1) is 11.6. The Morgan fingerprint density at radius 3 is 2.83 bits per heavy atom. The lowest BCUT2D eigenvalue weighted by Gasteiger charge is -2.36. The zero-order valence-corrected chi connectivity index (χ0v) is 10.5. The second-order valence-corrected chi connectivity index (χ2v) is 4.73. The number of hydrogen-bond acceptors (Lipinski definition) is 4. The second-order valence-electron chi connectivity index (χ2n) is 4.73. The Kier molecular flexibility index (Phi) is 2.97. The minimum Gasteiger partial charge on any atom is -0.437 e. The van der Waals surface area contributed by atoms with Crippen molar-refractivity contribution in [1.82, 2.24) is 14.8 Å². The van der Waals surface area contributed by atoms with Crippen LogP contribution in [0.4, 0.5) is 5.69 Å². The van der Waals surface area contributed by atoms with Gasteiger partial charge in [0.2, 0.25) is 0 Å². The van der Waals surface area contributed by atoms with Gasteiger partial charge in [0.05, 0.1) is 5.69 Å². The molecular formula is C12H17BN4O. The molecule has 0 aromatic carbocycles. The highest BCUT2D eigenvalue weighted by atomic mass is 16.2. The summed E-state index contributed by atoms with van der Waals surface area (Å²) >= 11 is 0. The standard InChI is InChI=1S/C12H17BN4O/c1-13(18)17-7-5-16(6-8-17)11-9-15-12-10(11)3-2-4-14-12/h2-4,9,18H,5-8H2,1H3,(H,14,15). The number of fused-ring (bicyclic) bond motifs is 1. The fourth-order valence-electron chi connectivity index (χ4n) is 2.54. The molecule has 1 fully saturated rings. The fraction of sp³-hybridized carbons (Fsp3) is 0.417. The summed E-state index contributed by atoms with van der Waals surface area (Å²) in [5, 5.41) is 10.7. The van der Waals surface area contributed by atoms with E-state index in [9.17, 15) is 5.02 Å². The maximum atomic E-state index is 9.56. The molecule has 0 amide bonds. The van der Waals surface area contributed by atoms with Crippen molar-refractivity contribution in [3.63, 3.8) is 0 Å². The van der Waals surface area contributed by atoms with Crippen LogP contribution in [0.3, 0.4) is 0 Å². The highest BCUT2D eigenvalue weighted by Gasteiger charge is 2.23. The third kappa shape index (κ3) is 1.98. The molecule has 1 aliphatic rings. The average molecular weight is 244 g/mol. The summed E-state index contributed by atoms with van der Waals surface area (Å²) in [7, 11) is -0.350. The summed E-state index contributed by atoms with van der Waals surface area (Å²) in [6, 6.07) is 4.06. The van der Waals surface area contributed by atoms with Crippen LogP contribution in [0.25, 0.3) is 11.0 Å². The maximum Gasteiger partial charge on any atom is 0.376 e. The molecule has 0 bridgehead atoms. The Hall–Kier alpha value is -1.53. The van der Waals surface area contributed by atoms with Crippen LogP contribution in [0.15, 0.2) is 24.5 Å². The van der Waals surface area contributed by atoms with E-state index in [1.165, 1.54) is 11.1 Å². The van der Waals surface area contributed by atoms with Crippen LogP contribution < -0.4 is 4.90 Å². The van der Waals surface area contributed by atoms with Crippen molar-refractivity contribution in [2.75, 3.05) is 31.1 Å². The van der Waals surface area contributed by atoms with Gasteiger partial charge in [0, 0.05) is 44.0 Å². The molecule has 0 saturated carbocycles. The molecule has 2 aromatic heterocycles. The fourth-order valence-corrected chi connectivity index (χ4v) is 2.54. The first-order valence-electron chi connectivity index (χ1n) is 6.35. The minimum absolute atomic E-state index is 0.350. The first-order valence-corrected chi connectivity index (χ1v) is 6.35. The molecule has 0 unspecified atom stereocenters. The summed E-state index contributed by atoms with van der Waals surface area (Å²) in [6.45, 7) is 5.49. The van der Waals surface area contributed by atoms with Crippen LogP contribution in [-0.4, -0.2) is 53.0 Å². The molecule has 0 radical (unpaired) electrons. The van der Waals surface area contributed by atoms with E-state index in [1.54, 1.807) is 6.20 Å². The van der Waals surface area contributed by atoms with Crippen molar-refractivity contribution in [2.24, 2.45) is 0 Å². The van der Waals surface area contributed by atoms with Crippen molar-refractivity contribution in [3.8, 4) is 0 Å². The molecule has 2 aromatic rings. The molecule has 94 valence electrons. The monoisotopic (exact) mass is 244 g/mol. The number of H-pyrrole nitrogens is 1. The van der Waals surface area contributed by atoms with Crippen molar-refractivity contribution in [3.05, 3.63) is 24.5 Å². The van der Waals surface area contributed by atoms with Crippen LogP contribution in [0.1, 0.15) is 0 Å². The van der Waals surface area contributed by atoms with Crippen LogP contribution in [0.2, 0.25) is 6.82 Å². The molecule has 3 heterocycles. The van der Waals surface area contributed by atoms with Gasteiger partial charge in [0.15, 0.2) is 0 Å². The van der Waals surface area contributed by atoms with E-state index in [-0.39, 0.29) is 7.05 Å². The molecule has 6 heteroatoms. The van der Waals surface area contributed by atoms with Crippen LogP contribution in [0.5, 0.6) is 0 Å². The summed E-state index contributed by atoms with van der Waals surface area (Å²) in [6.07, 6.45) is 3.82. The van der Waals surface area contributed by atoms with Gasteiger partial charge in [0.1, 0.15) is 5.65 Å². The molecule has 3 rings (SSSR count). The lowest BCUT2D eigenvalue weighted by molar-refractivity contribution is 0.345. The van der Waals surface area contributed by atoms with Gasteiger partial charge in [-0.1, -0.05) is 0 Å². The van der Waals surface area contributed by atoms with Gasteiger partial charge in [-0.05, 0) is 19.0 Å². The highest BCUT2D eigenvalue weighted by Crippen LogP contribution is 2.26. The molecule has 1 saturated heterocycles. The van der Waals surface area contributed by atoms with E-state index in [4.69, 9.17) is 0 Å². The summed E-state index contributed by atoms with van der Waals surface area (Å²) in [5.74, 6) is 0. The topological polar surface area (TPSA) is 55.4 Å². The highest BCUT2D eigenvalue weighted by molar-refractivity contribution is 6.45. The number of piperazine rings is 1. The number of nitrogens with one attached hydrogen (secondary N) is 1. The van der Waals surface area contributed by atoms with Crippen LogP contribution in [-0.2, 0) is 0 Å². The number of rotatable bonds is 2. The molecular weight excluding hydrogens is 227 g/mol. The van der Waals surface area contributed by atoms with Gasteiger partial charge >= 0.3 is 7.05 Å². The van der Waals surface area contributed by atoms with Gasteiger partial charge in [0.25, 0.3) is 0 Å². The smallest absolute Gasteiger partial charge is 0.376 e. The van der Waals surface area contributed by atoms with Crippen molar-refractivity contribution >= 4 is 23.8 Å². The van der Waals surface area contributed by atoms with Gasteiger partial charge in [-0.3, -0.25) is 0 Å². The number of anilines is 1. The van der Waals surface area contributed by atoms with Gasteiger partial charge in [-0.15, -0.1) is 0 Å². The van der Waals surface area contributed by atoms with E-state index in [0.29, 0.717) is 0 Å². The lowest BCUT2D eigenvalue weighted by Crippen LogP contribution is -2.51. The van der Waals surface area contributed by atoms with E-state index in [1.807, 2.05) is 19.1 Å².